The normalized spacial score (nSPS) is 22.5. The molecule has 10 heteroatoms. The first kappa shape index (κ1) is 27.0. The Bertz CT molecular complexity index is 893. The van der Waals surface area contributed by atoms with Crippen LogP contribution < -0.4 is 10.6 Å². The Hall–Kier alpha value is -2.62. The van der Waals surface area contributed by atoms with Crippen molar-refractivity contribution in [1.82, 2.24) is 24.9 Å². The van der Waals surface area contributed by atoms with E-state index in [4.69, 9.17) is 4.74 Å². The van der Waals surface area contributed by atoms with Gasteiger partial charge in [0.2, 0.25) is 11.8 Å². The zero-order valence-electron chi connectivity index (χ0n) is 22.0. The summed E-state index contributed by atoms with van der Waals surface area (Å²) in [7, 11) is 0. The second kappa shape index (κ2) is 11.4. The SMILES string of the molecule is CC(C)n1nccc1NC(=O)[C@@H](C)N1CCC[C@@H](NC(=O)[C@H]2CCCN(C(=O)OC(C)(C)C)C2)C1. The van der Waals surface area contributed by atoms with E-state index in [0.717, 1.165) is 32.2 Å². The topological polar surface area (TPSA) is 109 Å². The Balaban J connectivity index is 1.52. The number of ether oxygens (including phenoxy) is 1. The third kappa shape index (κ3) is 7.43. The van der Waals surface area contributed by atoms with Crippen molar-refractivity contribution in [2.75, 3.05) is 31.5 Å². The van der Waals surface area contributed by atoms with Gasteiger partial charge in [-0.25, -0.2) is 9.48 Å². The standard InChI is InChI=1S/C25H42N6O4/c1-17(2)31-21(11-12-26-31)28-22(32)18(3)29-13-8-10-20(16-29)27-23(33)19-9-7-14-30(15-19)24(34)35-25(4,5)6/h11-12,17-20H,7-10,13-16H2,1-6H3,(H,27,33)(H,28,32)/t18-,19+,20-/m1/s1. The maximum absolute atomic E-state index is 13.0. The van der Waals surface area contributed by atoms with Gasteiger partial charge < -0.3 is 20.3 Å². The smallest absolute Gasteiger partial charge is 0.410 e. The molecule has 2 saturated heterocycles. The van der Waals surface area contributed by atoms with Gasteiger partial charge in [0.1, 0.15) is 11.4 Å². The summed E-state index contributed by atoms with van der Waals surface area (Å²) < 4.78 is 7.27. The van der Waals surface area contributed by atoms with E-state index in [1.807, 2.05) is 41.5 Å². The molecule has 1 aromatic heterocycles. The van der Waals surface area contributed by atoms with Crippen LogP contribution in [0.3, 0.4) is 0 Å². The molecule has 0 radical (unpaired) electrons. The second-order valence-electron chi connectivity index (χ2n) is 11.0. The largest absolute Gasteiger partial charge is 0.444 e. The molecule has 0 spiro atoms. The Labute approximate surface area is 208 Å². The van der Waals surface area contributed by atoms with Gasteiger partial charge in [0.25, 0.3) is 0 Å². The van der Waals surface area contributed by atoms with E-state index in [-0.39, 0.29) is 42.0 Å². The summed E-state index contributed by atoms with van der Waals surface area (Å²) in [6, 6.07) is 1.59. The summed E-state index contributed by atoms with van der Waals surface area (Å²) in [5.41, 5.74) is -0.560. The predicted molar refractivity (Wildman–Crippen MR) is 134 cm³/mol. The van der Waals surface area contributed by atoms with E-state index >= 15 is 0 Å². The van der Waals surface area contributed by atoms with Gasteiger partial charge >= 0.3 is 6.09 Å². The molecule has 2 aliphatic heterocycles. The summed E-state index contributed by atoms with van der Waals surface area (Å²) in [5, 5.41) is 10.4. The highest BCUT2D eigenvalue weighted by atomic mass is 16.6. The molecule has 0 unspecified atom stereocenters. The molecule has 196 valence electrons. The van der Waals surface area contributed by atoms with Crippen molar-refractivity contribution in [1.29, 1.82) is 0 Å². The first-order chi connectivity index (χ1) is 16.4. The number of anilines is 1. The van der Waals surface area contributed by atoms with Gasteiger partial charge in [-0.2, -0.15) is 5.10 Å². The minimum absolute atomic E-state index is 0.0235. The van der Waals surface area contributed by atoms with Gasteiger partial charge in [-0.3, -0.25) is 14.5 Å². The fourth-order valence-corrected chi connectivity index (χ4v) is 4.70. The molecule has 1 aromatic rings. The van der Waals surface area contributed by atoms with Crippen LogP contribution in [0.1, 0.15) is 73.3 Å². The van der Waals surface area contributed by atoms with Crippen LogP contribution in [0, 0.1) is 5.92 Å². The lowest BCUT2D eigenvalue weighted by Crippen LogP contribution is -2.55. The number of aromatic nitrogens is 2. The lowest BCUT2D eigenvalue weighted by molar-refractivity contribution is -0.127. The number of nitrogens with one attached hydrogen (secondary N) is 2. The summed E-state index contributed by atoms with van der Waals surface area (Å²) in [5.74, 6) is 0.331. The van der Waals surface area contributed by atoms with E-state index < -0.39 is 5.60 Å². The quantitative estimate of drug-likeness (QED) is 0.635. The fourth-order valence-electron chi connectivity index (χ4n) is 4.70. The molecule has 3 atom stereocenters. The lowest BCUT2D eigenvalue weighted by Gasteiger charge is -2.38. The van der Waals surface area contributed by atoms with Crippen molar-refractivity contribution in [2.45, 2.75) is 91.0 Å². The monoisotopic (exact) mass is 490 g/mol. The first-order valence-electron chi connectivity index (χ1n) is 12.8. The average Bonchev–Trinajstić information content (AvgIpc) is 3.26. The van der Waals surface area contributed by atoms with Crippen molar-refractivity contribution in [2.24, 2.45) is 5.92 Å². The van der Waals surface area contributed by atoms with Crippen LogP contribution in [0.25, 0.3) is 0 Å². The molecule has 2 aliphatic rings. The highest BCUT2D eigenvalue weighted by molar-refractivity contribution is 5.93. The molecule has 10 nitrogen and oxygen atoms in total. The number of nitrogens with zero attached hydrogens (tertiary/aromatic N) is 4. The Morgan fingerprint density at radius 2 is 1.80 bits per heavy atom. The average molecular weight is 491 g/mol. The van der Waals surface area contributed by atoms with Crippen LogP contribution in [-0.4, -0.2) is 81.4 Å². The number of hydrogen-bond donors (Lipinski definition) is 2. The van der Waals surface area contributed by atoms with Crippen LogP contribution >= 0.6 is 0 Å². The molecule has 0 saturated carbocycles. The first-order valence-corrected chi connectivity index (χ1v) is 12.8. The summed E-state index contributed by atoms with van der Waals surface area (Å²) in [6.07, 6.45) is 4.63. The number of rotatable bonds is 6. The van der Waals surface area contributed by atoms with Crippen molar-refractivity contribution in [3.63, 3.8) is 0 Å². The molecular weight excluding hydrogens is 448 g/mol. The second-order valence-corrected chi connectivity index (χ2v) is 11.0. The number of carbonyl (C=O) groups is 3. The highest BCUT2D eigenvalue weighted by Gasteiger charge is 2.33. The molecule has 2 N–H and O–H groups in total. The number of hydrogen-bond acceptors (Lipinski definition) is 6. The molecule has 0 aromatic carbocycles. The zero-order valence-corrected chi connectivity index (χ0v) is 22.0. The van der Waals surface area contributed by atoms with Gasteiger partial charge in [0.05, 0.1) is 18.2 Å². The van der Waals surface area contributed by atoms with E-state index in [1.54, 1.807) is 21.8 Å². The lowest BCUT2D eigenvalue weighted by atomic mass is 9.96. The van der Waals surface area contributed by atoms with Crippen LogP contribution in [0.2, 0.25) is 0 Å². The van der Waals surface area contributed by atoms with E-state index in [9.17, 15) is 14.4 Å². The van der Waals surface area contributed by atoms with Crippen molar-refractivity contribution >= 4 is 23.7 Å². The molecule has 0 bridgehead atoms. The highest BCUT2D eigenvalue weighted by Crippen LogP contribution is 2.21. The van der Waals surface area contributed by atoms with Gasteiger partial charge in [0, 0.05) is 37.8 Å². The molecular formula is C25H42N6O4. The van der Waals surface area contributed by atoms with Crippen molar-refractivity contribution < 1.29 is 19.1 Å². The fraction of sp³-hybridized carbons (Fsp3) is 0.760. The number of likely N-dealkylation sites (tertiary alicyclic amines) is 2. The Morgan fingerprint density at radius 3 is 2.49 bits per heavy atom. The van der Waals surface area contributed by atoms with Gasteiger partial charge in [-0.05, 0) is 73.8 Å². The van der Waals surface area contributed by atoms with E-state index in [1.165, 1.54) is 0 Å². The van der Waals surface area contributed by atoms with Gasteiger partial charge in [0.15, 0.2) is 0 Å². The number of piperidine rings is 2. The molecule has 3 rings (SSSR count). The third-order valence-corrected chi connectivity index (χ3v) is 6.58. The maximum atomic E-state index is 13.0. The molecule has 2 fully saturated rings. The maximum Gasteiger partial charge on any atom is 0.410 e. The molecule has 35 heavy (non-hydrogen) atoms. The summed E-state index contributed by atoms with van der Waals surface area (Å²) >= 11 is 0. The third-order valence-electron chi connectivity index (χ3n) is 6.58. The van der Waals surface area contributed by atoms with Crippen molar-refractivity contribution in [3.8, 4) is 0 Å². The Morgan fingerprint density at radius 1 is 1.09 bits per heavy atom. The minimum Gasteiger partial charge on any atom is -0.444 e. The zero-order chi connectivity index (χ0) is 25.8. The summed E-state index contributed by atoms with van der Waals surface area (Å²) in [6.45, 7) is 13.9. The molecule has 0 aliphatic carbocycles. The molecule has 3 amide bonds. The number of amides is 3. The van der Waals surface area contributed by atoms with Crippen LogP contribution in [0.4, 0.5) is 10.6 Å². The van der Waals surface area contributed by atoms with E-state index in [2.05, 4.69) is 20.6 Å². The van der Waals surface area contributed by atoms with Gasteiger partial charge in [-0.1, -0.05) is 0 Å². The van der Waals surface area contributed by atoms with Crippen LogP contribution in [-0.2, 0) is 14.3 Å². The molecule has 3 heterocycles. The van der Waals surface area contributed by atoms with Crippen LogP contribution in [0.5, 0.6) is 0 Å². The van der Waals surface area contributed by atoms with Crippen LogP contribution in [0.15, 0.2) is 12.3 Å². The summed E-state index contributed by atoms with van der Waals surface area (Å²) in [4.78, 5) is 42.2. The van der Waals surface area contributed by atoms with E-state index in [0.29, 0.717) is 25.5 Å². The predicted octanol–water partition coefficient (Wildman–Crippen LogP) is 3.02. The Kier molecular flexibility index (Phi) is 8.79. The van der Waals surface area contributed by atoms with Gasteiger partial charge in [-0.15, -0.1) is 0 Å². The minimum atomic E-state index is -0.560. The van der Waals surface area contributed by atoms with Crippen molar-refractivity contribution in [3.05, 3.63) is 12.3 Å². The number of carbonyl (C=O) groups excluding carboxylic acids is 3.